The van der Waals surface area contributed by atoms with Crippen LogP contribution in [0.5, 0.6) is 0 Å². The Morgan fingerprint density at radius 1 is 1.06 bits per heavy atom. The van der Waals surface area contributed by atoms with Gasteiger partial charge in [-0.1, -0.05) is 44.2 Å². The van der Waals surface area contributed by atoms with E-state index in [2.05, 4.69) is 29.4 Å². The first-order valence-electron chi connectivity index (χ1n) is 10.9. The molecule has 6 heteroatoms. The lowest BCUT2D eigenvalue weighted by atomic mass is 10.0. The zero-order chi connectivity index (χ0) is 22.5. The van der Waals surface area contributed by atoms with Gasteiger partial charge >= 0.3 is 0 Å². The molecule has 0 fully saturated rings. The van der Waals surface area contributed by atoms with Gasteiger partial charge in [-0.2, -0.15) is 0 Å². The van der Waals surface area contributed by atoms with Crippen molar-refractivity contribution in [2.24, 2.45) is 0 Å². The van der Waals surface area contributed by atoms with Crippen molar-refractivity contribution in [2.75, 3.05) is 31.5 Å². The molecular weight excluding hydrogens is 402 g/mol. The van der Waals surface area contributed by atoms with Crippen molar-refractivity contribution in [3.8, 4) is 11.1 Å². The maximum Gasteiger partial charge on any atom is 0.256 e. The SMILES string of the molecule is CCN(CC)CCNC(=O)c1cccc(-c2coc(C=C3C(=O)Nc4ccccc43)c2)c1. The number of benzene rings is 2. The lowest BCUT2D eigenvalue weighted by molar-refractivity contribution is -0.110. The molecule has 164 valence electrons. The number of nitrogens with zero attached hydrogens (tertiary/aromatic N) is 1. The predicted octanol–water partition coefficient (Wildman–Crippen LogP) is 4.51. The molecule has 32 heavy (non-hydrogen) atoms. The number of fused-ring (bicyclic) bond motifs is 1. The Bertz CT molecular complexity index is 1160. The molecule has 0 saturated heterocycles. The van der Waals surface area contributed by atoms with Crippen molar-refractivity contribution >= 4 is 29.2 Å². The predicted molar refractivity (Wildman–Crippen MR) is 127 cm³/mol. The molecule has 3 aromatic rings. The Morgan fingerprint density at radius 3 is 2.69 bits per heavy atom. The minimum Gasteiger partial charge on any atom is -0.464 e. The monoisotopic (exact) mass is 429 g/mol. The summed E-state index contributed by atoms with van der Waals surface area (Å²) in [5.41, 5.74) is 4.57. The summed E-state index contributed by atoms with van der Waals surface area (Å²) in [5.74, 6) is 0.340. The van der Waals surface area contributed by atoms with Gasteiger partial charge in [-0.25, -0.2) is 0 Å². The van der Waals surface area contributed by atoms with Gasteiger partial charge in [0.05, 0.1) is 11.8 Å². The molecule has 2 aromatic carbocycles. The average molecular weight is 430 g/mol. The van der Waals surface area contributed by atoms with Gasteiger partial charge in [-0.05, 0) is 49.0 Å². The number of furan rings is 1. The van der Waals surface area contributed by atoms with Crippen LogP contribution in [0.15, 0.2) is 65.3 Å². The summed E-state index contributed by atoms with van der Waals surface area (Å²) in [6.07, 6.45) is 3.39. The van der Waals surface area contributed by atoms with E-state index in [1.165, 1.54) is 0 Å². The van der Waals surface area contributed by atoms with E-state index >= 15 is 0 Å². The van der Waals surface area contributed by atoms with E-state index in [1.54, 1.807) is 18.4 Å². The fourth-order valence-electron chi connectivity index (χ4n) is 3.81. The van der Waals surface area contributed by atoms with E-state index in [4.69, 9.17) is 4.42 Å². The quantitative estimate of drug-likeness (QED) is 0.517. The lowest BCUT2D eigenvalue weighted by Crippen LogP contribution is -2.34. The fraction of sp³-hybridized carbons (Fsp3) is 0.231. The first kappa shape index (κ1) is 21.6. The highest BCUT2D eigenvalue weighted by Gasteiger charge is 2.23. The Hall–Kier alpha value is -3.64. The van der Waals surface area contributed by atoms with E-state index in [-0.39, 0.29) is 11.8 Å². The Kier molecular flexibility index (Phi) is 6.52. The van der Waals surface area contributed by atoms with Gasteiger partial charge in [-0.3, -0.25) is 9.59 Å². The van der Waals surface area contributed by atoms with Crippen LogP contribution in [0.2, 0.25) is 0 Å². The Balaban J connectivity index is 1.48. The van der Waals surface area contributed by atoms with E-state index in [0.29, 0.717) is 23.4 Å². The smallest absolute Gasteiger partial charge is 0.256 e. The van der Waals surface area contributed by atoms with E-state index in [1.807, 2.05) is 48.5 Å². The summed E-state index contributed by atoms with van der Waals surface area (Å²) in [6, 6.07) is 16.9. The van der Waals surface area contributed by atoms with Crippen molar-refractivity contribution in [1.82, 2.24) is 10.2 Å². The van der Waals surface area contributed by atoms with Crippen LogP contribution in [0.4, 0.5) is 5.69 Å². The molecule has 1 aromatic heterocycles. The number of nitrogens with one attached hydrogen (secondary N) is 2. The molecule has 0 unspecified atom stereocenters. The molecule has 4 rings (SSSR count). The maximum atomic E-state index is 12.6. The molecule has 1 aliphatic heterocycles. The van der Waals surface area contributed by atoms with Crippen molar-refractivity contribution < 1.29 is 14.0 Å². The number of likely N-dealkylation sites (N-methyl/N-ethyl adjacent to an activating group) is 1. The third-order valence-corrected chi connectivity index (χ3v) is 5.68. The van der Waals surface area contributed by atoms with Crippen LogP contribution in [0, 0.1) is 0 Å². The number of carbonyl (C=O) groups excluding carboxylic acids is 2. The fourth-order valence-corrected chi connectivity index (χ4v) is 3.81. The number of hydrogen-bond acceptors (Lipinski definition) is 4. The van der Waals surface area contributed by atoms with Gasteiger partial charge in [0, 0.05) is 35.5 Å². The van der Waals surface area contributed by atoms with Crippen LogP contribution < -0.4 is 10.6 Å². The Morgan fingerprint density at radius 2 is 1.88 bits per heavy atom. The summed E-state index contributed by atoms with van der Waals surface area (Å²) >= 11 is 0. The average Bonchev–Trinajstić information content (AvgIpc) is 3.41. The second-order valence-corrected chi connectivity index (χ2v) is 7.66. The first-order valence-corrected chi connectivity index (χ1v) is 10.9. The second-order valence-electron chi connectivity index (χ2n) is 7.66. The molecule has 0 saturated carbocycles. The first-order chi connectivity index (χ1) is 15.6. The molecule has 0 radical (unpaired) electrons. The lowest BCUT2D eigenvalue weighted by Gasteiger charge is -2.18. The summed E-state index contributed by atoms with van der Waals surface area (Å²) in [6.45, 7) is 7.60. The molecule has 2 N–H and O–H groups in total. The van der Waals surface area contributed by atoms with Crippen molar-refractivity contribution in [2.45, 2.75) is 13.8 Å². The topological polar surface area (TPSA) is 74.6 Å². The van der Waals surface area contributed by atoms with Crippen molar-refractivity contribution in [1.29, 1.82) is 0 Å². The van der Waals surface area contributed by atoms with Crippen LogP contribution in [0.25, 0.3) is 22.8 Å². The zero-order valence-corrected chi connectivity index (χ0v) is 18.4. The van der Waals surface area contributed by atoms with E-state index in [9.17, 15) is 9.59 Å². The summed E-state index contributed by atoms with van der Waals surface area (Å²) < 4.78 is 5.70. The molecule has 6 nitrogen and oxygen atoms in total. The van der Waals surface area contributed by atoms with Crippen LogP contribution in [-0.2, 0) is 4.79 Å². The van der Waals surface area contributed by atoms with Crippen LogP contribution >= 0.6 is 0 Å². The summed E-state index contributed by atoms with van der Waals surface area (Å²) in [4.78, 5) is 27.2. The molecule has 0 bridgehead atoms. The number of hydrogen-bond donors (Lipinski definition) is 2. The van der Waals surface area contributed by atoms with Gasteiger partial charge in [-0.15, -0.1) is 0 Å². The highest BCUT2D eigenvalue weighted by Crippen LogP contribution is 2.33. The minimum absolute atomic E-state index is 0.0934. The molecule has 2 amide bonds. The minimum atomic E-state index is -0.146. The number of amides is 2. The van der Waals surface area contributed by atoms with Crippen LogP contribution in [0.3, 0.4) is 0 Å². The highest BCUT2D eigenvalue weighted by atomic mass is 16.3. The number of rotatable bonds is 8. The van der Waals surface area contributed by atoms with Gasteiger partial charge in [0.25, 0.3) is 11.8 Å². The van der Waals surface area contributed by atoms with Crippen molar-refractivity contribution in [3.63, 3.8) is 0 Å². The molecule has 1 aliphatic rings. The summed E-state index contributed by atoms with van der Waals surface area (Å²) in [5, 5.41) is 5.85. The largest absolute Gasteiger partial charge is 0.464 e. The molecule has 0 spiro atoms. The third kappa shape index (κ3) is 4.65. The maximum absolute atomic E-state index is 12.6. The summed E-state index contributed by atoms with van der Waals surface area (Å²) in [7, 11) is 0. The van der Waals surface area contributed by atoms with Gasteiger partial charge in [0.15, 0.2) is 0 Å². The van der Waals surface area contributed by atoms with Gasteiger partial charge < -0.3 is 20.0 Å². The third-order valence-electron chi connectivity index (χ3n) is 5.68. The molecule has 0 atom stereocenters. The van der Waals surface area contributed by atoms with E-state index in [0.717, 1.165) is 42.0 Å². The molecular formula is C26H27N3O3. The number of carbonyl (C=O) groups is 2. The van der Waals surface area contributed by atoms with Crippen LogP contribution in [0.1, 0.15) is 35.5 Å². The number of anilines is 1. The second kappa shape index (κ2) is 9.66. The molecule has 0 aliphatic carbocycles. The van der Waals surface area contributed by atoms with Gasteiger partial charge in [0.2, 0.25) is 0 Å². The molecule has 2 heterocycles. The van der Waals surface area contributed by atoms with Gasteiger partial charge in [0.1, 0.15) is 5.76 Å². The highest BCUT2D eigenvalue weighted by molar-refractivity contribution is 6.34. The van der Waals surface area contributed by atoms with E-state index < -0.39 is 0 Å². The standard InChI is InChI=1S/C26H27N3O3/c1-3-29(4-2)13-12-27-25(30)19-9-7-8-18(14-19)20-15-21(32-17-20)16-23-22-10-5-6-11-24(22)28-26(23)31/h5-11,14-17H,3-4,12-13H2,1-2H3,(H,27,30)(H,28,31). The normalized spacial score (nSPS) is 14.0. The zero-order valence-electron chi connectivity index (χ0n) is 18.4. The van der Waals surface area contributed by atoms with Crippen molar-refractivity contribution in [3.05, 3.63) is 77.7 Å². The Labute approximate surface area is 187 Å². The number of para-hydroxylation sites is 1. The van der Waals surface area contributed by atoms with Crippen LogP contribution in [-0.4, -0.2) is 42.9 Å².